The largest absolute Gasteiger partial charge is 0.311 e. The van der Waals surface area contributed by atoms with Crippen LogP contribution in [0, 0.1) is 6.92 Å². The van der Waals surface area contributed by atoms with E-state index in [2.05, 4.69) is 187 Å². The first-order valence-electron chi connectivity index (χ1n) is 16.0. The van der Waals surface area contributed by atoms with Crippen molar-refractivity contribution >= 4 is 57.2 Å². The summed E-state index contributed by atoms with van der Waals surface area (Å²) in [6.45, 7) is 2.25. The van der Waals surface area contributed by atoms with Gasteiger partial charge in [0.25, 0.3) is 6.71 Å². The van der Waals surface area contributed by atoms with E-state index in [-0.39, 0.29) is 6.71 Å². The van der Waals surface area contributed by atoms with E-state index in [1.807, 2.05) is 0 Å². The molecule has 0 spiro atoms. The molecule has 46 heavy (non-hydrogen) atoms. The minimum absolute atomic E-state index is 0.109. The maximum Gasteiger partial charge on any atom is 0.252 e. The standard InChI is InChI=1S/C43H31BN2/c1-30-22-24-32(25-23-30)34-26-27-38-42(29-34)46(36-17-10-14-33(28-36)31-12-4-2-5-13-31)41-21-11-20-40-43(41)44(38)37-18-8-9-19-39(37)45(40)35-15-6-3-7-16-35/h2-29H,1H3. The van der Waals surface area contributed by atoms with Crippen LogP contribution in [0.5, 0.6) is 0 Å². The average Bonchev–Trinajstić information content (AvgIpc) is 3.12. The first-order valence-corrected chi connectivity index (χ1v) is 16.0. The van der Waals surface area contributed by atoms with Gasteiger partial charge < -0.3 is 9.80 Å². The zero-order valence-corrected chi connectivity index (χ0v) is 25.6. The van der Waals surface area contributed by atoms with Crippen molar-refractivity contribution < 1.29 is 0 Å². The number of benzene rings is 7. The first-order chi connectivity index (χ1) is 22.7. The number of para-hydroxylation sites is 2. The minimum atomic E-state index is 0.109. The van der Waals surface area contributed by atoms with E-state index >= 15 is 0 Å². The number of hydrogen-bond donors (Lipinski definition) is 0. The Morgan fingerprint density at radius 1 is 0.370 bits per heavy atom. The molecule has 2 heterocycles. The van der Waals surface area contributed by atoms with Crippen molar-refractivity contribution in [1.29, 1.82) is 0 Å². The second-order valence-electron chi connectivity index (χ2n) is 12.3. The van der Waals surface area contributed by atoms with Gasteiger partial charge in [-0.3, -0.25) is 0 Å². The predicted octanol–water partition coefficient (Wildman–Crippen LogP) is 9.41. The summed E-state index contributed by atoms with van der Waals surface area (Å²) in [6.07, 6.45) is 0. The molecule has 3 heteroatoms. The van der Waals surface area contributed by atoms with Crippen LogP contribution in [0.25, 0.3) is 22.3 Å². The predicted molar refractivity (Wildman–Crippen MR) is 196 cm³/mol. The van der Waals surface area contributed by atoms with Gasteiger partial charge in [-0.2, -0.15) is 0 Å². The van der Waals surface area contributed by atoms with Gasteiger partial charge in [0.1, 0.15) is 0 Å². The molecule has 2 nitrogen and oxygen atoms in total. The second kappa shape index (κ2) is 10.7. The Hall–Kier alpha value is -5.80. The summed E-state index contributed by atoms with van der Waals surface area (Å²) in [5.74, 6) is 0. The summed E-state index contributed by atoms with van der Waals surface area (Å²) in [4.78, 5) is 4.93. The molecular formula is C43H31BN2. The van der Waals surface area contributed by atoms with Crippen LogP contribution in [0.4, 0.5) is 34.1 Å². The number of nitrogens with zero attached hydrogens (tertiary/aromatic N) is 2. The lowest BCUT2D eigenvalue weighted by atomic mass is 9.33. The van der Waals surface area contributed by atoms with Crippen molar-refractivity contribution in [3.8, 4) is 22.3 Å². The van der Waals surface area contributed by atoms with Crippen molar-refractivity contribution in [2.45, 2.75) is 6.92 Å². The van der Waals surface area contributed by atoms with E-state index in [1.54, 1.807) is 0 Å². The van der Waals surface area contributed by atoms with Gasteiger partial charge in [0.05, 0.1) is 0 Å². The fraction of sp³-hybridized carbons (Fsp3) is 0.0233. The van der Waals surface area contributed by atoms with Gasteiger partial charge in [-0.05, 0) is 94.1 Å². The van der Waals surface area contributed by atoms with Crippen LogP contribution in [0.3, 0.4) is 0 Å². The Morgan fingerprint density at radius 2 is 0.891 bits per heavy atom. The third-order valence-electron chi connectivity index (χ3n) is 9.51. The summed E-state index contributed by atoms with van der Waals surface area (Å²) in [5, 5.41) is 0. The fourth-order valence-electron chi connectivity index (χ4n) is 7.40. The van der Waals surface area contributed by atoms with Crippen LogP contribution in [-0.4, -0.2) is 6.71 Å². The molecule has 0 aromatic heterocycles. The van der Waals surface area contributed by atoms with E-state index in [1.165, 1.54) is 72.6 Å². The van der Waals surface area contributed by atoms with Gasteiger partial charge in [0.15, 0.2) is 0 Å². The van der Waals surface area contributed by atoms with Gasteiger partial charge >= 0.3 is 0 Å². The number of fused-ring (bicyclic) bond motifs is 4. The topological polar surface area (TPSA) is 6.48 Å². The normalized spacial score (nSPS) is 12.8. The molecule has 0 unspecified atom stereocenters. The summed E-state index contributed by atoms with van der Waals surface area (Å²) in [6, 6.07) is 62.1. The molecular weight excluding hydrogens is 555 g/mol. The molecule has 0 N–H and O–H groups in total. The highest BCUT2D eigenvalue weighted by Gasteiger charge is 2.43. The minimum Gasteiger partial charge on any atom is -0.311 e. The Morgan fingerprint density at radius 3 is 1.67 bits per heavy atom. The lowest BCUT2D eigenvalue weighted by Crippen LogP contribution is -2.61. The fourth-order valence-corrected chi connectivity index (χ4v) is 7.40. The van der Waals surface area contributed by atoms with Crippen molar-refractivity contribution in [2.24, 2.45) is 0 Å². The van der Waals surface area contributed by atoms with Gasteiger partial charge in [0.2, 0.25) is 0 Å². The van der Waals surface area contributed by atoms with E-state index in [4.69, 9.17) is 0 Å². The number of aryl methyl sites for hydroxylation is 1. The van der Waals surface area contributed by atoms with Gasteiger partial charge in [-0.15, -0.1) is 0 Å². The smallest absolute Gasteiger partial charge is 0.252 e. The molecule has 216 valence electrons. The van der Waals surface area contributed by atoms with Gasteiger partial charge in [-0.25, -0.2) is 0 Å². The number of hydrogen-bond acceptors (Lipinski definition) is 2. The van der Waals surface area contributed by atoms with Crippen LogP contribution in [0.1, 0.15) is 5.56 Å². The highest BCUT2D eigenvalue weighted by Crippen LogP contribution is 2.44. The molecule has 0 radical (unpaired) electrons. The monoisotopic (exact) mass is 586 g/mol. The van der Waals surface area contributed by atoms with Crippen LogP contribution in [-0.2, 0) is 0 Å². The lowest BCUT2D eigenvalue weighted by molar-refractivity contribution is 1.25. The highest BCUT2D eigenvalue weighted by molar-refractivity contribution is 7.00. The van der Waals surface area contributed by atoms with Crippen LogP contribution in [0.2, 0.25) is 0 Å². The Bertz CT molecular complexity index is 2230. The molecule has 0 bridgehead atoms. The lowest BCUT2D eigenvalue weighted by Gasteiger charge is -2.44. The van der Waals surface area contributed by atoms with Crippen molar-refractivity contribution in [2.75, 3.05) is 9.80 Å². The molecule has 7 aromatic rings. The summed E-state index contributed by atoms with van der Waals surface area (Å²) in [5.41, 5.74) is 17.3. The first kappa shape index (κ1) is 26.6. The summed E-state index contributed by atoms with van der Waals surface area (Å²) in [7, 11) is 0. The van der Waals surface area contributed by atoms with Crippen LogP contribution < -0.4 is 26.2 Å². The molecule has 9 rings (SSSR count). The molecule has 0 amide bonds. The van der Waals surface area contributed by atoms with E-state index in [0.717, 1.165) is 5.69 Å². The highest BCUT2D eigenvalue weighted by atomic mass is 15.2. The second-order valence-corrected chi connectivity index (χ2v) is 12.3. The Balaban J connectivity index is 1.32. The molecule has 0 saturated heterocycles. The summed E-state index contributed by atoms with van der Waals surface area (Å²) >= 11 is 0. The number of rotatable bonds is 4. The third kappa shape index (κ3) is 4.20. The zero-order chi connectivity index (χ0) is 30.6. The molecule has 2 aliphatic rings. The van der Waals surface area contributed by atoms with E-state index < -0.39 is 0 Å². The molecule has 0 fully saturated rings. The molecule has 0 saturated carbocycles. The van der Waals surface area contributed by atoms with E-state index in [0.29, 0.717) is 0 Å². The SMILES string of the molecule is Cc1ccc(-c2ccc3c(c2)N(c2cccc(-c4ccccc4)c2)c2cccc4c2B3c2ccccc2N4c2ccccc2)cc1. The van der Waals surface area contributed by atoms with Gasteiger partial charge in [-0.1, -0.05) is 127 Å². The average molecular weight is 587 g/mol. The van der Waals surface area contributed by atoms with Crippen LogP contribution in [0.15, 0.2) is 170 Å². The molecule has 2 aliphatic heterocycles. The Labute approximate surface area is 270 Å². The van der Waals surface area contributed by atoms with Crippen molar-refractivity contribution in [1.82, 2.24) is 0 Å². The van der Waals surface area contributed by atoms with Crippen molar-refractivity contribution in [3.63, 3.8) is 0 Å². The maximum absolute atomic E-state index is 2.49. The summed E-state index contributed by atoms with van der Waals surface area (Å²) < 4.78 is 0. The van der Waals surface area contributed by atoms with E-state index in [9.17, 15) is 0 Å². The Kier molecular flexibility index (Phi) is 6.17. The van der Waals surface area contributed by atoms with Crippen LogP contribution >= 0.6 is 0 Å². The van der Waals surface area contributed by atoms with Crippen molar-refractivity contribution in [3.05, 3.63) is 175 Å². The zero-order valence-electron chi connectivity index (χ0n) is 25.6. The van der Waals surface area contributed by atoms with Gasteiger partial charge in [0, 0.05) is 34.1 Å². The maximum atomic E-state index is 2.49. The number of anilines is 6. The molecule has 7 aromatic carbocycles. The third-order valence-corrected chi connectivity index (χ3v) is 9.51. The quantitative estimate of drug-likeness (QED) is 0.190. The molecule has 0 aliphatic carbocycles. The molecule has 0 atom stereocenters.